The van der Waals surface area contributed by atoms with Gasteiger partial charge in [-0.05, 0) is 26.0 Å². The molecule has 1 N–H and O–H groups in total. The van der Waals surface area contributed by atoms with Crippen LogP contribution in [0.25, 0.3) is 0 Å². The van der Waals surface area contributed by atoms with E-state index >= 15 is 0 Å². The van der Waals surface area contributed by atoms with Gasteiger partial charge in [0.1, 0.15) is 0 Å². The van der Waals surface area contributed by atoms with Crippen LogP contribution in [0.5, 0.6) is 0 Å². The Labute approximate surface area is 107 Å². The Morgan fingerprint density at radius 2 is 1.83 bits per heavy atom. The lowest BCUT2D eigenvalue weighted by molar-refractivity contribution is -0.126. The van der Waals surface area contributed by atoms with E-state index in [2.05, 4.69) is 0 Å². The van der Waals surface area contributed by atoms with Crippen molar-refractivity contribution in [2.45, 2.75) is 26.8 Å². The molecule has 0 saturated heterocycles. The number of amides is 1. The number of benzene rings is 1. The number of carbonyl (C=O) groups is 1. The molecule has 1 aromatic carbocycles. The zero-order valence-corrected chi connectivity index (χ0v) is 10.9. The first kappa shape index (κ1) is 14.6. The molecule has 0 bridgehead atoms. The predicted octanol–water partition coefficient (Wildman–Crippen LogP) is 2.25. The van der Waals surface area contributed by atoms with Crippen LogP contribution in [-0.2, 0) is 4.79 Å². The first-order valence-electron chi connectivity index (χ1n) is 5.95. The topological polar surface area (TPSA) is 66.8 Å². The van der Waals surface area contributed by atoms with Gasteiger partial charge < -0.3 is 15.3 Å². The molecule has 1 rings (SSSR count). The third-order valence-electron chi connectivity index (χ3n) is 2.64. The number of para-hydroxylation sites is 1. The Morgan fingerprint density at radius 1 is 1.28 bits per heavy atom. The molecule has 0 aliphatic heterocycles. The third-order valence-corrected chi connectivity index (χ3v) is 2.64. The van der Waals surface area contributed by atoms with Crippen LogP contribution in [0.2, 0.25) is 0 Å². The molecular weight excluding hydrogens is 232 g/mol. The maximum absolute atomic E-state index is 12.3. The summed E-state index contributed by atoms with van der Waals surface area (Å²) in [5.41, 5.74) is 0.791. The molecule has 0 aliphatic rings. The number of carbonyl (C=O) groups excluding carboxylic acids is 1. The van der Waals surface area contributed by atoms with Crippen molar-refractivity contribution in [2.75, 3.05) is 11.4 Å². The number of anilines is 1. The Kier molecular flexibility index (Phi) is 5.27. The van der Waals surface area contributed by atoms with E-state index in [4.69, 9.17) is 5.21 Å². The van der Waals surface area contributed by atoms with Gasteiger partial charge >= 0.3 is 0 Å². The average molecular weight is 251 g/mol. The second-order valence-corrected chi connectivity index (χ2v) is 4.57. The van der Waals surface area contributed by atoms with Crippen LogP contribution >= 0.6 is 0 Å². The van der Waals surface area contributed by atoms with E-state index in [0.717, 1.165) is 5.69 Å². The molecule has 0 saturated carbocycles. The fourth-order valence-corrected chi connectivity index (χ4v) is 1.82. The highest BCUT2D eigenvalue weighted by atomic mass is 16.8. The van der Waals surface area contributed by atoms with E-state index in [9.17, 15) is 10.0 Å². The van der Waals surface area contributed by atoms with Gasteiger partial charge in [-0.2, -0.15) is 0 Å². The molecule has 0 fully saturated rings. The molecule has 100 valence electrons. The van der Waals surface area contributed by atoms with E-state index < -0.39 is 5.92 Å². The van der Waals surface area contributed by atoms with Gasteiger partial charge in [0.2, 0.25) is 5.91 Å². The summed E-state index contributed by atoms with van der Waals surface area (Å²) in [6.45, 7) is 5.22. The van der Waals surface area contributed by atoms with Gasteiger partial charge in [-0.1, -0.05) is 25.1 Å². The number of hydrogen-bond donors (Lipinski definition) is 1. The molecule has 1 unspecified atom stereocenters. The Hall–Kier alpha value is -1.43. The van der Waals surface area contributed by atoms with Crippen molar-refractivity contribution < 1.29 is 10.0 Å². The summed E-state index contributed by atoms with van der Waals surface area (Å²) in [5, 5.41) is 19.1. The average Bonchev–Trinajstić information content (AvgIpc) is 2.29. The molecule has 1 atom stereocenters. The van der Waals surface area contributed by atoms with Gasteiger partial charge in [-0.3, -0.25) is 10.0 Å². The first-order valence-corrected chi connectivity index (χ1v) is 5.95. The van der Waals surface area contributed by atoms with Crippen molar-refractivity contribution in [3.8, 4) is 0 Å². The molecule has 1 aromatic rings. The lowest BCUT2D eigenvalue weighted by Crippen LogP contribution is -2.42. The smallest absolute Gasteiger partial charge is 0.231 e. The summed E-state index contributed by atoms with van der Waals surface area (Å²) in [7, 11) is 0. The van der Waals surface area contributed by atoms with Crippen molar-refractivity contribution in [2.24, 2.45) is 5.92 Å². The molecular formula is C13H19N2O3-. The molecule has 1 amide bonds. The lowest BCUT2D eigenvalue weighted by Gasteiger charge is -2.31. The van der Waals surface area contributed by atoms with Crippen molar-refractivity contribution in [1.29, 1.82) is 0 Å². The van der Waals surface area contributed by atoms with Crippen LogP contribution in [-0.4, -0.2) is 28.9 Å². The molecule has 18 heavy (non-hydrogen) atoms. The molecule has 0 aliphatic carbocycles. The molecule has 0 heterocycles. The summed E-state index contributed by atoms with van der Waals surface area (Å²) < 4.78 is 0. The van der Waals surface area contributed by atoms with Gasteiger partial charge in [0.15, 0.2) is 0 Å². The monoisotopic (exact) mass is 251 g/mol. The van der Waals surface area contributed by atoms with Crippen LogP contribution in [0, 0.1) is 11.1 Å². The predicted molar refractivity (Wildman–Crippen MR) is 70.1 cm³/mol. The van der Waals surface area contributed by atoms with Crippen LogP contribution in [0.4, 0.5) is 5.69 Å². The second-order valence-electron chi connectivity index (χ2n) is 4.57. The van der Waals surface area contributed by atoms with Gasteiger partial charge in [0.25, 0.3) is 0 Å². The fraction of sp³-hybridized carbons (Fsp3) is 0.462. The van der Waals surface area contributed by atoms with Crippen LogP contribution < -0.4 is 4.90 Å². The minimum absolute atomic E-state index is 0.0128. The normalized spacial score (nSPS) is 12.8. The highest BCUT2D eigenvalue weighted by molar-refractivity contribution is 5.95. The number of rotatable bonds is 5. The summed E-state index contributed by atoms with van der Waals surface area (Å²) in [6, 6.07) is 9.27. The van der Waals surface area contributed by atoms with Crippen molar-refractivity contribution in [3.05, 3.63) is 35.5 Å². The minimum Gasteiger partial charge on any atom is -0.762 e. The Morgan fingerprint density at radius 3 is 2.28 bits per heavy atom. The first-order chi connectivity index (χ1) is 8.43. The van der Waals surface area contributed by atoms with Gasteiger partial charge in [0, 0.05) is 24.2 Å². The van der Waals surface area contributed by atoms with Gasteiger partial charge in [0.05, 0.1) is 0 Å². The van der Waals surface area contributed by atoms with Crippen molar-refractivity contribution in [3.63, 3.8) is 0 Å². The third kappa shape index (κ3) is 3.80. The maximum Gasteiger partial charge on any atom is 0.231 e. The molecule has 5 nitrogen and oxygen atoms in total. The summed E-state index contributed by atoms with van der Waals surface area (Å²) >= 11 is 0. The van der Waals surface area contributed by atoms with Crippen LogP contribution in [0.3, 0.4) is 0 Å². The highest BCUT2D eigenvalue weighted by Gasteiger charge is 2.24. The molecule has 5 heteroatoms. The quantitative estimate of drug-likeness (QED) is 0.815. The zero-order valence-electron chi connectivity index (χ0n) is 10.9. The van der Waals surface area contributed by atoms with Crippen LogP contribution in [0.15, 0.2) is 30.3 Å². The summed E-state index contributed by atoms with van der Waals surface area (Å²) in [5.74, 6) is -0.735. The highest BCUT2D eigenvalue weighted by Crippen LogP contribution is 2.19. The van der Waals surface area contributed by atoms with E-state index in [1.165, 1.54) is 0 Å². The number of hydrogen-bond acceptors (Lipinski definition) is 4. The molecule has 0 aromatic heterocycles. The Bertz CT molecular complexity index is 379. The second kappa shape index (κ2) is 6.49. The van der Waals surface area contributed by atoms with Gasteiger partial charge in [-0.15, -0.1) is 0 Å². The lowest BCUT2D eigenvalue weighted by atomic mass is 10.1. The van der Waals surface area contributed by atoms with E-state index in [1.807, 2.05) is 44.2 Å². The van der Waals surface area contributed by atoms with E-state index in [0.29, 0.717) is 0 Å². The fourth-order valence-electron chi connectivity index (χ4n) is 1.82. The zero-order chi connectivity index (χ0) is 13.7. The minimum atomic E-state index is -0.560. The number of hydroxylamine groups is 2. The van der Waals surface area contributed by atoms with Crippen LogP contribution in [0.1, 0.15) is 20.8 Å². The van der Waals surface area contributed by atoms with E-state index in [1.54, 1.807) is 11.8 Å². The summed E-state index contributed by atoms with van der Waals surface area (Å²) in [6.07, 6.45) is 0. The van der Waals surface area contributed by atoms with Crippen molar-refractivity contribution in [1.82, 2.24) is 5.23 Å². The van der Waals surface area contributed by atoms with E-state index in [-0.39, 0.29) is 23.7 Å². The summed E-state index contributed by atoms with van der Waals surface area (Å²) in [4.78, 5) is 13.9. The SMILES string of the molecule is CC(CN([O-])O)C(=O)N(c1ccccc1)C(C)C. The standard InChI is InChI=1S/C13H19N2O3/c1-10(2)15(12-7-5-4-6-8-12)13(16)11(3)9-14(17)18/h4-8,10-11,17H,9H2,1-3H3/q-1. The van der Waals surface area contributed by atoms with Crippen molar-refractivity contribution >= 4 is 11.6 Å². The largest absolute Gasteiger partial charge is 0.762 e. The molecule has 0 radical (unpaired) electrons. The Balaban J connectivity index is 2.90. The molecule has 0 spiro atoms. The number of nitrogens with zero attached hydrogens (tertiary/aromatic N) is 2. The van der Waals surface area contributed by atoms with Gasteiger partial charge in [-0.25, -0.2) is 0 Å². The maximum atomic E-state index is 12.3.